The van der Waals surface area contributed by atoms with Crippen LogP contribution in [0.15, 0.2) is 59.8 Å². The Morgan fingerprint density at radius 1 is 1.17 bits per heavy atom. The van der Waals surface area contributed by atoms with Gasteiger partial charge in [-0.05, 0) is 42.7 Å². The van der Waals surface area contributed by atoms with Crippen molar-refractivity contribution >= 4 is 23.3 Å². The van der Waals surface area contributed by atoms with E-state index >= 15 is 0 Å². The maximum atomic E-state index is 12.9. The number of methoxy groups -OCH3 is 1. The number of hydrogen-bond donors (Lipinski definition) is 1. The zero-order valence-corrected chi connectivity index (χ0v) is 16.6. The first-order valence-electron chi connectivity index (χ1n) is 9.54. The number of nitrogens with zero attached hydrogens (tertiary/aromatic N) is 3. The molecule has 146 valence electrons. The molecular weight excluding hydrogens is 388 g/mol. The van der Waals surface area contributed by atoms with Gasteiger partial charge >= 0.3 is 0 Å². The number of benzene rings is 2. The lowest BCUT2D eigenvalue weighted by Gasteiger charge is -2.32. The summed E-state index contributed by atoms with van der Waals surface area (Å²) in [5.74, 6) is 2.08. The summed E-state index contributed by atoms with van der Waals surface area (Å²) in [6, 6.07) is 14.9. The third-order valence-electron chi connectivity index (χ3n) is 5.36. The summed E-state index contributed by atoms with van der Waals surface area (Å²) in [7, 11) is 1.64. The van der Waals surface area contributed by atoms with Crippen molar-refractivity contribution in [1.82, 2.24) is 14.8 Å². The van der Waals surface area contributed by atoms with Crippen molar-refractivity contribution in [3.05, 3.63) is 70.4 Å². The largest absolute Gasteiger partial charge is 0.497 e. The molecule has 0 fully saturated rings. The van der Waals surface area contributed by atoms with Crippen molar-refractivity contribution < 1.29 is 9.53 Å². The first-order valence-corrected chi connectivity index (χ1v) is 9.91. The summed E-state index contributed by atoms with van der Waals surface area (Å²) >= 11 is 6.15. The molecular formula is C22H19ClN4O2. The maximum absolute atomic E-state index is 12.9. The van der Waals surface area contributed by atoms with Crippen molar-refractivity contribution in [2.24, 2.45) is 0 Å². The number of anilines is 1. The fraction of sp³-hybridized carbons (Fsp3) is 0.227. The van der Waals surface area contributed by atoms with Gasteiger partial charge in [-0.1, -0.05) is 35.9 Å². The number of halogens is 1. The lowest BCUT2D eigenvalue weighted by atomic mass is 9.85. The molecule has 0 radical (unpaired) electrons. The average Bonchev–Trinajstić information content (AvgIpc) is 3.16. The van der Waals surface area contributed by atoms with E-state index in [1.54, 1.807) is 11.8 Å². The molecule has 0 amide bonds. The molecule has 2 aliphatic rings. The highest BCUT2D eigenvalue weighted by molar-refractivity contribution is 6.30. The van der Waals surface area contributed by atoms with E-state index in [0.717, 1.165) is 41.0 Å². The van der Waals surface area contributed by atoms with Crippen LogP contribution in [0.1, 0.15) is 30.9 Å². The van der Waals surface area contributed by atoms with Crippen LogP contribution in [0.5, 0.6) is 5.75 Å². The fourth-order valence-corrected chi connectivity index (χ4v) is 4.22. The Morgan fingerprint density at radius 3 is 2.86 bits per heavy atom. The van der Waals surface area contributed by atoms with Crippen molar-refractivity contribution in [3.8, 4) is 17.1 Å². The van der Waals surface area contributed by atoms with Crippen LogP contribution < -0.4 is 10.1 Å². The number of Topliss-reactive ketones (excluding diaryl/α,β-unsaturated/α-hetero) is 1. The number of fused-ring (bicyclic) bond motifs is 1. The molecule has 1 atom stereocenters. The van der Waals surface area contributed by atoms with Gasteiger partial charge in [0.05, 0.1) is 7.11 Å². The van der Waals surface area contributed by atoms with Gasteiger partial charge < -0.3 is 10.1 Å². The van der Waals surface area contributed by atoms with Crippen molar-refractivity contribution in [3.63, 3.8) is 0 Å². The predicted octanol–water partition coefficient (Wildman–Crippen LogP) is 4.63. The summed E-state index contributed by atoms with van der Waals surface area (Å²) in [6.07, 6.45) is 2.21. The Kier molecular flexibility index (Phi) is 4.36. The van der Waals surface area contributed by atoms with Crippen molar-refractivity contribution in [2.75, 3.05) is 12.4 Å². The summed E-state index contributed by atoms with van der Waals surface area (Å²) in [5.41, 5.74) is 3.47. The molecule has 1 N–H and O–H groups in total. The minimum absolute atomic E-state index is 0.150. The summed E-state index contributed by atoms with van der Waals surface area (Å²) < 4.78 is 7.21. The van der Waals surface area contributed by atoms with Gasteiger partial charge in [-0.3, -0.25) is 4.79 Å². The van der Waals surface area contributed by atoms with E-state index in [0.29, 0.717) is 23.2 Å². The number of aromatic nitrogens is 3. The minimum Gasteiger partial charge on any atom is -0.497 e. The van der Waals surface area contributed by atoms with Crippen LogP contribution in [-0.4, -0.2) is 27.7 Å². The van der Waals surface area contributed by atoms with Gasteiger partial charge in [0.2, 0.25) is 5.95 Å². The fourth-order valence-electron chi connectivity index (χ4n) is 4.03. The number of hydrogen-bond acceptors (Lipinski definition) is 5. The van der Waals surface area contributed by atoms with Gasteiger partial charge in [0.15, 0.2) is 11.6 Å². The maximum Gasteiger partial charge on any atom is 0.226 e. The Labute approximate surface area is 173 Å². The van der Waals surface area contributed by atoms with Gasteiger partial charge in [0.25, 0.3) is 0 Å². The predicted molar refractivity (Wildman–Crippen MR) is 111 cm³/mol. The molecule has 0 spiro atoms. The van der Waals surface area contributed by atoms with E-state index in [9.17, 15) is 4.79 Å². The lowest BCUT2D eigenvalue weighted by Crippen LogP contribution is -2.31. The summed E-state index contributed by atoms with van der Waals surface area (Å²) in [4.78, 5) is 17.6. The highest BCUT2D eigenvalue weighted by Gasteiger charge is 2.37. The molecule has 0 saturated heterocycles. The Balaban J connectivity index is 1.68. The summed E-state index contributed by atoms with van der Waals surface area (Å²) in [5, 5.41) is 8.73. The van der Waals surface area contributed by atoms with Crippen molar-refractivity contribution in [2.45, 2.75) is 25.3 Å². The molecule has 7 heteroatoms. The zero-order chi connectivity index (χ0) is 20.0. The monoisotopic (exact) mass is 406 g/mol. The van der Waals surface area contributed by atoms with Gasteiger partial charge in [-0.2, -0.15) is 4.98 Å². The van der Waals surface area contributed by atoms with Crippen LogP contribution in [0.4, 0.5) is 5.95 Å². The first kappa shape index (κ1) is 17.9. The molecule has 5 rings (SSSR count). The molecule has 29 heavy (non-hydrogen) atoms. The standard InChI is InChI=1S/C22H19ClN4O2/c1-29-16-8-3-5-13(12-16)20-19-17(9-4-10-18(19)28)24-22-25-21(26-27(20)22)14-6-2-7-15(23)11-14/h2-3,5-8,11-12,20H,4,9-10H2,1H3,(H,24,25,26). The zero-order valence-electron chi connectivity index (χ0n) is 15.9. The third kappa shape index (κ3) is 3.09. The number of allylic oxidation sites excluding steroid dienone is 2. The number of nitrogens with one attached hydrogen (secondary N) is 1. The number of ketones is 1. The topological polar surface area (TPSA) is 69.0 Å². The molecule has 1 aliphatic carbocycles. The lowest BCUT2D eigenvalue weighted by molar-refractivity contribution is -0.116. The second-order valence-electron chi connectivity index (χ2n) is 7.19. The van der Waals surface area contributed by atoms with E-state index in [1.165, 1.54) is 0 Å². The molecule has 0 saturated carbocycles. The Bertz CT molecular complexity index is 1150. The molecule has 2 aromatic carbocycles. The highest BCUT2D eigenvalue weighted by atomic mass is 35.5. The van der Waals surface area contributed by atoms with Crippen LogP contribution in [-0.2, 0) is 4.79 Å². The molecule has 2 heterocycles. The van der Waals surface area contributed by atoms with Crippen LogP contribution >= 0.6 is 11.6 Å². The van der Waals surface area contributed by atoms with Crippen LogP contribution in [0.2, 0.25) is 5.02 Å². The number of ether oxygens (including phenoxy) is 1. The average molecular weight is 407 g/mol. The van der Waals surface area contributed by atoms with Gasteiger partial charge in [-0.25, -0.2) is 4.68 Å². The number of carbonyl (C=O) groups is 1. The van der Waals surface area contributed by atoms with E-state index in [4.69, 9.17) is 26.4 Å². The summed E-state index contributed by atoms with van der Waals surface area (Å²) in [6.45, 7) is 0. The Morgan fingerprint density at radius 2 is 2.03 bits per heavy atom. The molecule has 1 aliphatic heterocycles. The highest BCUT2D eigenvalue weighted by Crippen LogP contribution is 2.41. The smallest absolute Gasteiger partial charge is 0.226 e. The molecule has 6 nitrogen and oxygen atoms in total. The van der Waals surface area contributed by atoms with Gasteiger partial charge in [0.1, 0.15) is 11.8 Å². The van der Waals surface area contributed by atoms with E-state index in [-0.39, 0.29) is 11.8 Å². The van der Waals surface area contributed by atoms with E-state index in [1.807, 2.05) is 48.5 Å². The molecule has 1 unspecified atom stereocenters. The quantitative estimate of drug-likeness (QED) is 0.686. The number of carbonyl (C=O) groups excluding carboxylic acids is 1. The molecule has 3 aromatic rings. The van der Waals surface area contributed by atoms with Crippen LogP contribution in [0.3, 0.4) is 0 Å². The minimum atomic E-state index is -0.343. The van der Waals surface area contributed by atoms with Gasteiger partial charge in [-0.15, -0.1) is 5.10 Å². The molecule has 0 bridgehead atoms. The van der Waals surface area contributed by atoms with E-state index in [2.05, 4.69) is 5.32 Å². The first-order chi connectivity index (χ1) is 14.1. The van der Waals surface area contributed by atoms with Crippen molar-refractivity contribution in [1.29, 1.82) is 0 Å². The normalized spacial score (nSPS) is 18.1. The van der Waals surface area contributed by atoms with Gasteiger partial charge in [0, 0.05) is 28.3 Å². The molecule has 1 aromatic heterocycles. The van der Waals surface area contributed by atoms with E-state index < -0.39 is 0 Å². The van der Waals surface area contributed by atoms with Crippen LogP contribution in [0, 0.1) is 0 Å². The Hall–Kier alpha value is -3.12. The van der Waals surface area contributed by atoms with Crippen LogP contribution in [0.25, 0.3) is 11.4 Å². The second-order valence-corrected chi connectivity index (χ2v) is 7.62. The SMILES string of the molecule is COc1cccc(C2C3=C(CCCC3=O)Nc3nc(-c4cccc(Cl)c4)nn32)c1. The number of rotatable bonds is 3. The third-order valence-corrected chi connectivity index (χ3v) is 5.60. The second kappa shape index (κ2) is 7.04.